The number of hydrogen-bond acceptors (Lipinski definition) is 2. The fraction of sp³-hybridized carbons (Fsp3) is 0.167. The van der Waals surface area contributed by atoms with E-state index in [0.717, 1.165) is 33.5 Å². The summed E-state index contributed by atoms with van der Waals surface area (Å²) in [6.45, 7) is 10.5. The zero-order valence-electron chi connectivity index (χ0n) is 16.4. The lowest BCUT2D eigenvalue weighted by molar-refractivity contribution is 0.104. The first kappa shape index (κ1) is 18.0. The Balaban J connectivity index is 1.86. The molecule has 140 valence electrons. The third-order valence-electron chi connectivity index (χ3n) is 5.09. The molecule has 2 aromatic heterocycles. The predicted octanol–water partition coefficient (Wildman–Crippen LogP) is 5.30. The van der Waals surface area contributed by atoms with E-state index in [1.807, 2.05) is 53.9 Å². The van der Waals surface area contributed by atoms with Crippen molar-refractivity contribution in [1.82, 2.24) is 14.2 Å². The largest absolute Gasteiger partial charge is 0.320 e. The molecule has 2 aromatic carbocycles. The van der Waals surface area contributed by atoms with Crippen LogP contribution in [0.4, 0.5) is 0 Å². The number of ketones is 1. The molecule has 28 heavy (non-hydrogen) atoms. The van der Waals surface area contributed by atoms with Crippen molar-refractivity contribution in [3.8, 4) is 0 Å². The van der Waals surface area contributed by atoms with Crippen LogP contribution >= 0.6 is 0 Å². The Morgan fingerprint density at radius 3 is 2.57 bits per heavy atom. The molecule has 0 atom stereocenters. The molecule has 0 aliphatic rings. The summed E-state index contributed by atoms with van der Waals surface area (Å²) in [7, 11) is 0. The second kappa shape index (κ2) is 6.97. The van der Waals surface area contributed by atoms with Gasteiger partial charge in [0.05, 0.1) is 22.3 Å². The van der Waals surface area contributed by atoms with Gasteiger partial charge in [0.2, 0.25) is 0 Å². The molecule has 0 bridgehead atoms. The average molecular weight is 369 g/mol. The summed E-state index contributed by atoms with van der Waals surface area (Å²) >= 11 is 0. The second-order valence-corrected chi connectivity index (χ2v) is 7.14. The van der Waals surface area contributed by atoms with Crippen LogP contribution in [-0.2, 0) is 6.54 Å². The number of carbonyl (C=O) groups is 1. The lowest BCUT2D eigenvalue weighted by Gasteiger charge is -2.04. The Hall–Kier alpha value is -3.40. The molecule has 0 N–H and O–H groups in total. The van der Waals surface area contributed by atoms with Crippen molar-refractivity contribution in [1.29, 1.82) is 0 Å². The van der Waals surface area contributed by atoms with Gasteiger partial charge in [-0.15, -0.1) is 6.58 Å². The normalized spacial score (nSPS) is 11.7. The van der Waals surface area contributed by atoms with E-state index in [9.17, 15) is 4.79 Å². The van der Waals surface area contributed by atoms with Gasteiger partial charge in [-0.05, 0) is 50.1 Å². The van der Waals surface area contributed by atoms with Crippen LogP contribution in [0.15, 0.2) is 61.2 Å². The van der Waals surface area contributed by atoms with E-state index >= 15 is 0 Å². The molecule has 4 nitrogen and oxygen atoms in total. The Morgan fingerprint density at radius 1 is 1.11 bits per heavy atom. The first-order valence-electron chi connectivity index (χ1n) is 9.38. The molecule has 0 unspecified atom stereocenters. The summed E-state index contributed by atoms with van der Waals surface area (Å²) < 4.78 is 3.97. The van der Waals surface area contributed by atoms with Crippen molar-refractivity contribution in [2.75, 3.05) is 0 Å². The van der Waals surface area contributed by atoms with Crippen molar-refractivity contribution in [3.05, 3.63) is 89.1 Å². The van der Waals surface area contributed by atoms with Crippen LogP contribution < -0.4 is 0 Å². The fourth-order valence-corrected chi connectivity index (χ4v) is 3.78. The van der Waals surface area contributed by atoms with E-state index in [0.29, 0.717) is 12.1 Å². The van der Waals surface area contributed by atoms with Crippen LogP contribution in [0.2, 0.25) is 0 Å². The number of rotatable bonds is 5. The highest BCUT2D eigenvalue weighted by molar-refractivity contribution is 6.12. The van der Waals surface area contributed by atoms with Gasteiger partial charge in [0.1, 0.15) is 5.65 Å². The monoisotopic (exact) mass is 369 g/mol. The van der Waals surface area contributed by atoms with Gasteiger partial charge in [-0.3, -0.25) is 4.79 Å². The number of aromatic nitrogens is 3. The zero-order valence-corrected chi connectivity index (χ0v) is 16.4. The summed E-state index contributed by atoms with van der Waals surface area (Å²) in [6.07, 6.45) is 5.38. The maximum Gasteiger partial charge on any atom is 0.191 e. The quantitative estimate of drug-likeness (QED) is 0.272. The number of carbonyl (C=O) groups excluding carboxylic acids is 1. The van der Waals surface area contributed by atoms with Gasteiger partial charge in [-0.1, -0.05) is 48.0 Å². The molecule has 0 radical (unpaired) electrons. The van der Waals surface area contributed by atoms with Crippen LogP contribution in [0.25, 0.3) is 22.8 Å². The second-order valence-electron chi connectivity index (χ2n) is 7.14. The van der Waals surface area contributed by atoms with Crippen molar-refractivity contribution < 1.29 is 4.79 Å². The molecule has 0 spiro atoms. The van der Waals surface area contributed by atoms with E-state index < -0.39 is 0 Å². The van der Waals surface area contributed by atoms with Crippen molar-refractivity contribution in [2.45, 2.75) is 27.3 Å². The Morgan fingerprint density at radius 2 is 1.86 bits per heavy atom. The topological polar surface area (TPSA) is 39.3 Å². The maximum atomic E-state index is 13.1. The molecule has 4 rings (SSSR count). The molecule has 4 aromatic rings. The molecular formula is C24H23N3O. The minimum atomic E-state index is -0.0411. The Labute approximate surface area is 164 Å². The van der Waals surface area contributed by atoms with Gasteiger partial charge in [0, 0.05) is 6.54 Å². The highest BCUT2D eigenvalue weighted by Crippen LogP contribution is 2.26. The molecule has 0 saturated carbocycles. The van der Waals surface area contributed by atoms with Gasteiger partial charge in [-0.25, -0.2) is 4.52 Å². The highest BCUT2D eigenvalue weighted by Gasteiger charge is 2.21. The standard InChI is InChI=1S/C24H23N3O/c1-5-14-26-20-8-6-7-9-21(20)27-24(26)23(18(4)25-27)22(28)13-12-19-11-10-16(2)15-17(19)3/h5-13,15H,1,14H2,2-4H3/b13-12+. The molecule has 0 saturated heterocycles. The van der Waals surface area contributed by atoms with Crippen LogP contribution in [-0.4, -0.2) is 20.0 Å². The molecule has 0 fully saturated rings. The highest BCUT2D eigenvalue weighted by atomic mass is 16.1. The van der Waals surface area contributed by atoms with E-state index in [1.54, 1.807) is 6.08 Å². The fourth-order valence-electron chi connectivity index (χ4n) is 3.78. The predicted molar refractivity (Wildman–Crippen MR) is 115 cm³/mol. The number of nitrogens with zero attached hydrogens (tertiary/aromatic N) is 3. The van der Waals surface area contributed by atoms with Gasteiger partial charge in [0.15, 0.2) is 5.78 Å². The van der Waals surface area contributed by atoms with Crippen LogP contribution in [0.1, 0.15) is 32.7 Å². The SMILES string of the molecule is C=CCn1c2ccccc2n2nc(C)c(C(=O)/C=C/c3ccc(C)cc3C)c12. The van der Waals surface area contributed by atoms with E-state index in [2.05, 4.69) is 42.2 Å². The lowest BCUT2D eigenvalue weighted by Crippen LogP contribution is -2.02. The molecular weight excluding hydrogens is 346 g/mol. The molecule has 4 heteroatoms. The number of allylic oxidation sites excluding steroid dienone is 2. The van der Waals surface area contributed by atoms with Crippen LogP contribution in [0, 0.1) is 20.8 Å². The van der Waals surface area contributed by atoms with Crippen LogP contribution in [0.3, 0.4) is 0 Å². The maximum absolute atomic E-state index is 13.1. The Kier molecular flexibility index (Phi) is 4.47. The summed E-state index contributed by atoms with van der Waals surface area (Å²) in [6, 6.07) is 14.3. The molecule has 2 heterocycles. The van der Waals surface area contributed by atoms with Crippen molar-refractivity contribution in [3.63, 3.8) is 0 Å². The third-order valence-corrected chi connectivity index (χ3v) is 5.09. The minimum Gasteiger partial charge on any atom is -0.320 e. The molecule has 0 aliphatic heterocycles. The summed E-state index contributed by atoms with van der Waals surface area (Å²) in [4.78, 5) is 13.1. The van der Waals surface area contributed by atoms with Crippen LogP contribution in [0.5, 0.6) is 0 Å². The van der Waals surface area contributed by atoms with Gasteiger partial charge in [-0.2, -0.15) is 5.10 Å². The first-order valence-corrected chi connectivity index (χ1v) is 9.38. The van der Waals surface area contributed by atoms with Crippen molar-refractivity contribution in [2.24, 2.45) is 0 Å². The minimum absolute atomic E-state index is 0.0411. The number of imidazole rings is 1. The number of benzene rings is 2. The molecule has 0 aliphatic carbocycles. The summed E-state index contributed by atoms with van der Waals surface area (Å²) in [5.74, 6) is -0.0411. The summed E-state index contributed by atoms with van der Waals surface area (Å²) in [5, 5.41) is 4.66. The molecule has 0 amide bonds. The average Bonchev–Trinajstić information content (AvgIpc) is 3.15. The first-order chi connectivity index (χ1) is 13.5. The third kappa shape index (κ3) is 2.87. The van der Waals surface area contributed by atoms with Gasteiger partial charge >= 0.3 is 0 Å². The zero-order chi connectivity index (χ0) is 19.8. The lowest BCUT2D eigenvalue weighted by atomic mass is 10.0. The number of para-hydroxylation sites is 2. The number of aryl methyl sites for hydroxylation is 3. The van der Waals surface area contributed by atoms with E-state index in [-0.39, 0.29) is 5.78 Å². The number of fused-ring (bicyclic) bond motifs is 3. The summed E-state index contributed by atoms with van der Waals surface area (Å²) in [5.41, 5.74) is 7.62. The van der Waals surface area contributed by atoms with E-state index in [4.69, 9.17) is 0 Å². The number of hydrogen-bond donors (Lipinski definition) is 0. The van der Waals surface area contributed by atoms with Crippen molar-refractivity contribution >= 4 is 28.5 Å². The van der Waals surface area contributed by atoms with Gasteiger partial charge < -0.3 is 4.57 Å². The van der Waals surface area contributed by atoms with Gasteiger partial charge in [0.25, 0.3) is 0 Å². The van der Waals surface area contributed by atoms with E-state index in [1.165, 1.54) is 5.56 Å². The Bertz CT molecular complexity index is 1250. The smallest absolute Gasteiger partial charge is 0.191 e.